The molecule has 31 heavy (non-hydrogen) atoms. The summed E-state index contributed by atoms with van der Waals surface area (Å²) in [7, 11) is 6.47. The molecule has 4 aromatic rings. The van der Waals surface area contributed by atoms with E-state index in [-0.39, 0.29) is 5.91 Å². The number of aromatic amines is 1. The summed E-state index contributed by atoms with van der Waals surface area (Å²) < 4.78 is 18.1. The molecule has 0 bridgehead atoms. The smallest absolute Gasteiger partial charge is 0.272 e. The summed E-state index contributed by atoms with van der Waals surface area (Å²) in [5, 5.41) is 13.5. The normalized spacial score (nSPS) is 12.2. The number of aromatic nitrogens is 3. The molecule has 4 rings (SSSR count). The Morgan fingerprint density at radius 1 is 1.13 bits per heavy atom. The van der Waals surface area contributed by atoms with Crippen molar-refractivity contribution in [3.63, 3.8) is 0 Å². The van der Waals surface area contributed by atoms with Crippen molar-refractivity contribution in [3.8, 4) is 17.2 Å². The van der Waals surface area contributed by atoms with Crippen LogP contribution in [-0.2, 0) is 7.05 Å². The Balaban J connectivity index is 1.70. The molecule has 0 spiro atoms. The third kappa shape index (κ3) is 3.42. The van der Waals surface area contributed by atoms with Gasteiger partial charge < -0.3 is 34.2 Å². The topological polar surface area (TPSA) is 111 Å². The SMILES string of the molecule is COc1cc(OC)c2cc(C(=O)Nc3ccc4c(c3)nc(C(C)O)n4C)[nH]c2c1OC. The molecule has 1 unspecified atom stereocenters. The lowest BCUT2D eigenvalue weighted by molar-refractivity contribution is 0.102. The fourth-order valence-electron chi connectivity index (χ4n) is 3.73. The number of aryl methyl sites for hydroxylation is 1. The van der Waals surface area contributed by atoms with E-state index in [2.05, 4.69) is 15.3 Å². The zero-order valence-corrected chi connectivity index (χ0v) is 17.9. The summed E-state index contributed by atoms with van der Waals surface area (Å²) in [6.45, 7) is 1.66. The highest BCUT2D eigenvalue weighted by Gasteiger charge is 2.20. The van der Waals surface area contributed by atoms with Gasteiger partial charge in [0.1, 0.15) is 23.4 Å². The van der Waals surface area contributed by atoms with E-state index >= 15 is 0 Å². The van der Waals surface area contributed by atoms with Crippen molar-refractivity contribution in [1.82, 2.24) is 14.5 Å². The minimum Gasteiger partial charge on any atom is -0.496 e. The van der Waals surface area contributed by atoms with Gasteiger partial charge in [-0.15, -0.1) is 0 Å². The van der Waals surface area contributed by atoms with Gasteiger partial charge in [-0.3, -0.25) is 4.79 Å². The molecule has 0 radical (unpaired) electrons. The van der Waals surface area contributed by atoms with E-state index in [0.717, 1.165) is 5.52 Å². The number of aliphatic hydroxyl groups is 1. The Bertz CT molecular complexity index is 1290. The molecule has 0 saturated carbocycles. The van der Waals surface area contributed by atoms with Crippen molar-refractivity contribution in [1.29, 1.82) is 0 Å². The predicted molar refractivity (Wildman–Crippen MR) is 117 cm³/mol. The molecule has 0 fully saturated rings. The van der Waals surface area contributed by atoms with Gasteiger partial charge in [0.25, 0.3) is 5.91 Å². The van der Waals surface area contributed by atoms with Gasteiger partial charge in [-0.25, -0.2) is 4.98 Å². The van der Waals surface area contributed by atoms with Crippen molar-refractivity contribution < 1.29 is 24.1 Å². The first-order chi connectivity index (χ1) is 14.9. The molecule has 9 nitrogen and oxygen atoms in total. The van der Waals surface area contributed by atoms with Crippen LogP contribution in [0, 0.1) is 0 Å². The highest BCUT2D eigenvalue weighted by molar-refractivity contribution is 6.08. The van der Waals surface area contributed by atoms with Crippen LogP contribution in [-0.4, -0.2) is 46.9 Å². The molecule has 0 saturated heterocycles. The third-order valence-electron chi connectivity index (χ3n) is 5.23. The van der Waals surface area contributed by atoms with Gasteiger partial charge >= 0.3 is 0 Å². The monoisotopic (exact) mass is 424 g/mol. The number of ether oxygens (including phenoxy) is 3. The quantitative estimate of drug-likeness (QED) is 0.438. The molecule has 1 atom stereocenters. The number of benzene rings is 2. The number of H-pyrrole nitrogens is 1. The molecule has 2 heterocycles. The van der Waals surface area contributed by atoms with E-state index in [9.17, 15) is 9.90 Å². The number of hydrogen-bond donors (Lipinski definition) is 3. The van der Waals surface area contributed by atoms with E-state index in [1.807, 2.05) is 17.7 Å². The van der Waals surface area contributed by atoms with Crippen LogP contribution in [0.15, 0.2) is 30.3 Å². The third-order valence-corrected chi connectivity index (χ3v) is 5.23. The van der Waals surface area contributed by atoms with Gasteiger partial charge in [0.2, 0.25) is 0 Å². The number of anilines is 1. The van der Waals surface area contributed by atoms with E-state index in [4.69, 9.17) is 14.2 Å². The standard InChI is InChI=1S/C22H24N4O5/c1-11(27)21-25-14-8-12(6-7-16(14)26(21)2)23-22(28)15-9-13-17(29-3)10-18(30-4)20(31-5)19(13)24-15/h6-11,24,27H,1-5H3,(H,23,28). The summed E-state index contributed by atoms with van der Waals surface area (Å²) in [5.74, 6) is 1.77. The maximum Gasteiger partial charge on any atom is 0.272 e. The van der Waals surface area contributed by atoms with Gasteiger partial charge in [0.15, 0.2) is 11.5 Å². The van der Waals surface area contributed by atoms with Crippen molar-refractivity contribution in [2.45, 2.75) is 13.0 Å². The highest BCUT2D eigenvalue weighted by Crippen LogP contribution is 2.41. The largest absolute Gasteiger partial charge is 0.496 e. The lowest BCUT2D eigenvalue weighted by Gasteiger charge is -2.11. The summed E-state index contributed by atoms with van der Waals surface area (Å²) in [6.07, 6.45) is -0.691. The molecule has 2 aromatic carbocycles. The Morgan fingerprint density at radius 3 is 2.52 bits per heavy atom. The van der Waals surface area contributed by atoms with Crippen molar-refractivity contribution >= 4 is 33.5 Å². The molecule has 0 aliphatic rings. The summed E-state index contributed by atoms with van der Waals surface area (Å²) in [4.78, 5) is 20.5. The molecule has 1 amide bonds. The number of aliphatic hydroxyl groups excluding tert-OH is 1. The van der Waals surface area contributed by atoms with Crippen LogP contribution in [0.2, 0.25) is 0 Å². The second-order valence-electron chi connectivity index (χ2n) is 7.15. The number of nitrogens with zero attached hydrogens (tertiary/aromatic N) is 2. The van der Waals surface area contributed by atoms with Gasteiger partial charge in [-0.05, 0) is 31.2 Å². The molecule has 9 heteroatoms. The molecule has 0 aliphatic heterocycles. The fraction of sp³-hybridized carbons (Fsp3) is 0.273. The molecule has 0 aliphatic carbocycles. The number of nitrogens with one attached hydrogen (secondary N) is 2. The Morgan fingerprint density at radius 2 is 1.87 bits per heavy atom. The number of carbonyl (C=O) groups is 1. The van der Waals surface area contributed by atoms with Crippen LogP contribution in [0.5, 0.6) is 17.2 Å². The summed E-state index contributed by atoms with van der Waals surface area (Å²) >= 11 is 0. The summed E-state index contributed by atoms with van der Waals surface area (Å²) in [6, 6.07) is 8.83. The van der Waals surface area contributed by atoms with E-state index in [1.165, 1.54) is 14.2 Å². The second kappa shape index (κ2) is 7.84. The Kier molecular flexibility index (Phi) is 5.20. The molecule has 3 N–H and O–H groups in total. The number of rotatable bonds is 6. The Labute approximate surface area is 178 Å². The van der Waals surface area contributed by atoms with Crippen LogP contribution in [0.4, 0.5) is 5.69 Å². The summed E-state index contributed by atoms with van der Waals surface area (Å²) in [5.41, 5.74) is 3.07. The van der Waals surface area contributed by atoms with Crippen molar-refractivity contribution in [3.05, 3.63) is 41.9 Å². The zero-order chi connectivity index (χ0) is 22.3. The van der Waals surface area contributed by atoms with Crippen molar-refractivity contribution in [2.75, 3.05) is 26.6 Å². The minimum absolute atomic E-state index is 0.328. The maximum absolute atomic E-state index is 12.9. The first-order valence-corrected chi connectivity index (χ1v) is 9.65. The highest BCUT2D eigenvalue weighted by atomic mass is 16.5. The fourth-order valence-corrected chi connectivity index (χ4v) is 3.73. The lowest BCUT2D eigenvalue weighted by atomic mass is 10.2. The van der Waals surface area contributed by atoms with E-state index in [0.29, 0.717) is 50.9 Å². The molecular formula is C22H24N4O5. The number of fused-ring (bicyclic) bond motifs is 2. The number of amides is 1. The van der Waals surface area contributed by atoms with Crippen LogP contribution in [0.25, 0.3) is 21.9 Å². The first kappa shape index (κ1) is 20.5. The first-order valence-electron chi connectivity index (χ1n) is 9.65. The van der Waals surface area contributed by atoms with Crippen LogP contribution in [0.1, 0.15) is 29.3 Å². The Hall–Kier alpha value is -3.72. The zero-order valence-electron chi connectivity index (χ0n) is 17.9. The number of carbonyl (C=O) groups excluding carboxylic acids is 1. The average Bonchev–Trinajstić information content (AvgIpc) is 3.34. The van der Waals surface area contributed by atoms with Gasteiger partial charge in [-0.2, -0.15) is 0 Å². The number of methoxy groups -OCH3 is 3. The molecular weight excluding hydrogens is 400 g/mol. The average molecular weight is 424 g/mol. The van der Waals surface area contributed by atoms with Crippen LogP contribution >= 0.6 is 0 Å². The minimum atomic E-state index is -0.691. The second-order valence-corrected chi connectivity index (χ2v) is 7.15. The van der Waals surface area contributed by atoms with Crippen molar-refractivity contribution in [2.24, 2.45) is 7.05 Å². The van der Waals surface area contributed by atoms with Gasteiger partial charge in [0, 0.05) is 24.2 Å². The van der Waals surface area contributed by atoms with Crippen LogP contribution < -0.4 is 19.5 Å². The van der Waals surface area contributed by atoms with E-state index in [1.54, 1.807) is 38.3 Å². The van der Waals surface area contributed by atoms with E-state index < -0.39 is 6.10 Å². The molecule has 2 aromatic heterocycles. The van der Waals surface area contributed by atoms with Gasteiger partial charge in [0.05, 0.1) is 37.9 Å². The maximum atomic E-state index is 12.9. The van der Waals surface area contributed by atoms with Crippen LogP contribution in [0.3, 0.4) is 0 Å². The number of imidazole rings is 1. The van der Waals surface area contributed by atoms with Gasteiger partial charge in [-0.1, -0.05) is 0 Å². The predicted octanol–water partition coefficient (Wildman–Crippen LogP) is 3.39. The number of hydrogen-bond acceptors (Lipinski definition) is 6. The molecule has 162 valence electrons. The lowest BCUT2D eigenvalue weighted by Crippen LogP contribution is -2.12.